The predicted molar refractivity (Wildman–Crippen MR) is 114 cm³/mol. The quantitative estimate of drug-likeness (QED) is 0.595. The van der Waals surface area contributed by atoms with Crippen LogP contribution in [-0.4, -0.2) is 56.7 Å². The van der Waals surface area contributed by atoms with Gasteiger partial charge in [0.1, 0.15) is 6.04 Å². The van der Waals surface area contributed by atoms with Crippen molar-refractivity contribution < 1.29 is 28.6 Å². The van der Waals surface area contributed by atoms with Gasteiger partial charge in [0.05, 0.1) is 27.8 Å². The largest absolute Gasteiger partial charge is 0.493 e. The topological polar surface area (TPSA) is 106 Å². The van der Waals surface area contributed by atoms with Crippen LogP contribution >= 0.6 is 0 Å². The molecular weight excluding hydrogens is 402 g/mol. The zero-order valence-electron chi connectivity index (χ0n) is 17.6. The summed E-state index contributed by atoms with van der Waals surface area (Å²) in [4.78, 5) is 38.5. The van der Waals surface area contributed by atoms with Crippen LogP contribution in [0.3, 0.4) is 0 Å². The van der Waals surface area contributed by atoms with Crippen LogP contribution in [0.5, 0.6) is 17.2 Å². The second-order valence-electron chi connectivity index (χ2n) is 6.89. The van der Waals surface area contributed by atoms with E-state index < -0.39 is 23.9 Å². The molecule has 1 atom stereocenters. The number of urea groups is 1. The van der Waals surface area contributed by atoms with Gasteiger partial charge in [0.2, 0.25) is 11.7 Å². The monoisotopic (exact) mass is 427 g/mol. The molecule has 9 nitrogen and oxygen atoms in total. The first-order valence-electron chi connectivity index (χ1n) is 9.72. The number of hydrogen-bond donors (Lipinski definition) is 2. The third-order valence-corrected chi connectivity index (χ3v) is 4.91. The zero-order chi connectivity index (χ0) is 22.4. The summed E-state index contributed by atoms with van der Waals surface area (Å²) in [7, 11) is 4.43. The van der Waals surface area contributed by atoms with Crippen molar-refractivity contribution in [1.82, 2.24) is 10.2 Å². The number of anilines is 1. The van der Waals surface area contributed by atoms with Gasteiger partial charge in [0, 0.05) is 24.4 Å². The molecule has 0 bridgehead atoms. The Morgan fingerprint density at radius 3 is 2.26 bits per heavy atom. The molecule has 9 heteroatoms. The first-order valence-corrected chi connectivity index (χ1v) is 9.72. The molecule has 0 aromatic heterocycles. The normalized spacial score (nSPS) is 15.5. The molecule has 1 aliphatic heterocycles. The summed E-state index contributed by atoms with van der Waals surface area (Å²) in [5, 5.41) is 5.28. The van der Waals surface area contributed by atoms with Gasteiger partial charge < -0.3 is 24.8 Å². The number of imide groups is 1. The highest BCUT2D eigenvalue weighted by Gasteiger charge is 2.38. The first kappa shape index (κ1) is 21.9. The standard InChI is InChI=1S/C22H25N3O6/c1-29-17-11-15(12-18(30-2)20(17)31-3)23-19(26)13-16-21(27)25(22(28)24-16)10-9-14-7-5-4-6-8-14/h4-8,11-12,16H,9-10,13H2,1-3H3,(H,23,26)(H,24,28)/t16-/m0/s1. The van der Waals surface area contributed by atoms with Crippen molar-refractivity contribution in [2.45, 2.75) is 18.9 Å². The Hall–Kier alpha value is -3.75. The van der Waals surface area contributed by atoms with E-state index in [1.165, 1.54) is 21.3 Å². The highest BCUT2D eigenvalue weighted by Crippen LogP contribution is 2.39. The second kappa shape index (κ2) is 9.84. The predicted octanol–water partition coefficient (Wildman–Crippen LogP) is 2.20. The maximum atomic E-state index is 12.6. The molecule has 1 heterocycles. The van der Waals surface area contributed by atoms with E-state index in [9.17, 15) is 14.4 Å². The van der Waals surface area contributed by atoms with Crippen molar-refractivity contribution in [1.29, 1.82) is 0 Å². The van der Waals surface area contributed by atoms with E-state index in [2.05, 4.69) is 10.6 Å². The molecule has 1 saturated heterocycles. The minimum atomic E-state index is -0.912. The average Bonchev–Trinajstić information content (AvgIpc) is 3.04. The maximum Gasteiger partial charge on any atom is 0.324 e. The van der Waals surface area contributed by atoms with Gasteiger partial charge >= 0.3 is 6.03 Å². The smallest absolute Gasteiger partial charge is 0.324 e. The van der Waals surface area contributed by atoms with Crippen LogP contribution in [0.15, 0.2) is 42.5 Å². The molecule has 0 aliphatic carbocycles. The number of benzene rings is 2. The fraction of sp³-hybridized carbons (Fsp3) is 0.318. The van der Waals surface area contributed by atoms with Crippen molar-refractivity contribution in [3.63, 3.8) is 0 Å². The molecule has 0 saturated carbocycles. The Bertz CT molecular complexity index is 938. The van der Waals surface area contributed by atoms with Gasteiger partial charge in [-0.3, -0.25) is 14.5 Å². The Kier molecular flexibility index (Phi) is 6.96. The number of carbonyl (C=O) groups excluding carboxylic acids is 3. The first-order chi connectivity index (χ1) is 15.0. The Morgan fingerprint density at radius 2 is 1.68 bits per heavy atom. The van der Waals surface area contributed by atoms with Gasteiger partial charge in [0.25, 0.3) is 5.91 Å². The second-order valence-corrected chi connectivity index (χ2v) is 6.89. The van der Waals surface area contributed by atoms with Crippen LogP contribution in [0.1, 0.15) is 12.0 Å². The summed E-state index contributed by atoms with van der Waals surface area (Å²) >= 11 is 0. The van der Waals surface area contributed by atoms with Crippen LogP contribution in [-0.2, 0) is 16.0 Å². The number of nitrogens with zero attached hydrogens (tertiary/aromatic N) is 1. The van der Waals surface area contributed by atoms with Crippen LogP contribution in [0.2, 0.25) is 0 Å². The van der Waals surface area contributed by atoms with Crippen LogP contribution in [0.4, 0.5) is 10.5 Å². The summed E-state index contributed by atoms with van der Waals surface area (Å²) in [6, 6.07) is 11.3. The van der Waals surface area contributed by atoms with E-state index in [1.807, 2.05) is 30.3 Å². The zero-order valence-corrected chi connectivity index (χ0v) is 17.6. The minimum Gasteiger partial charge on any atom is -0.493 e. The van der Waals surface area contributed by atoms with Crippen molar-refractivity contribution in [3.8, 4) is 17.2 Å². The van der Waals surface area contributed by atoms with Gasteiger partial charge in [-0.2, -0.15) is 0 Å². The third kappa shape index (κ3) is 5.06. The van der Waals surface area contributed by atoms with E-state index in [0.29, 0.717) is 29.4 Å². The number of rotatable bonds is 9. The highest BCUT2D eigenvalue weighted by atomic mass is 16.5. The van der Waals surface area contributed by atoms with Crippen molar-refractivity contribution in [2.24, 2.45) is 0 Å². The van der Waals surface area contributed by atoms with Gasteiger partial charge in [-0.25, -0.2) is 4.79 Å². The van der Waals surface area contributed by atoms with Gasteiger partial charge in [-0.05, 0) is 12.0 Å². The van der Waals surface area contributed by atoms with Crippen molar-refractivity contribution in [2.75, 3.05) is 33.2 Å². The Balaban J connectivity index is 1.62. The summed E-state index contributed by atoms with van der Waals surface area (Å²) in [5.74, 6) is 0.318. The minimum absolute atomic E-state index is 0.191. The third-order valence-electron chi connectivity index (χ3n) is 4.91. The number of hydrogen-bond acceptors (Lipinski definition) is 6. The molecule has 31 heavy (non-hydrogen) atoms. The Labute approximate surface area is 180 Å². The van der Waals surface area contributed by atoms with E-state index >= 15 is 0 Å². The fourth-order valence-corrected chi connectivity index (χ4v) is 3.36. The lowest BCUT2D eigenvalue weighted by atomic mass is 10.1. The molecule has 1 fully saturated rings. The number of carbonyl (C=O) groups is 3. The lowest BCUT2D eigenvalue weighted by molar-refractivity contribution is -0.129. The molecule has 164 valence electrons. The number of amides is 4. The molecule has 2 N–H and O–H groups in total. The van der Waals surface area contributed by atoms with Crippen molar-refractivity contribution in [3.05, 3.63) is 48.0 Å². The lowest BCUT2D eigenvalue weighted by Crippen LogP contribution is -2.34. The van der Waals surface area contributed by atoms with Gasteiger partial charge in [0.15, 0.2) is 11.5 Å². The van der Waals surface area contributed by atoms with E-state index in [-0.39, 0.29) is 13.0 Å². The van der Waals surface area contributed by atoms with E-state index in [4.69, 9.17) is 14.2 Å². The molecule has 0 radical (unpaired) electrons. The summed E-state index contributed by atoms with van der Waals surface area (Å²) in [5.41, 5.74) is 1.43. The fourth-order valence-electron chi connectivity index (χ4n) is 3.36. The lowest BCUT2D eigenvalue weighted by Gasteiger charge is -2.15. The molecule has 4 amide bonds. The molecule has 2 aromatic rings. The molecule has 3 rings (SSSR count). The summed E-state index contributed by atoms with van der Waals surface area (Å²) in [6.45, 7) is 0.250. The van der Waals surface area contributed by atoms with E-state index in [1.54, 1.807) is 12.1 Å². The van der Waals surface area contributed by atoms with E-state index in [0.717, 1.165) is 10.5 Å². The van der Waals surface area contributed by atoms with Crippen LogP contribution in [0.25, 0.3) is 0 Å². The Morgan fingerprint density at radius 1 is 1.03 bits per heavy atom. The highest BCUT2D eigenvalue weighted by molar-refractivity contribution is 6.07. The molecule has 0 unspecified atom stereocenters. The molecule has 1 aliphatic rings. The molecule has 2 aromatic carbocycles. The molecule has 0 spiro atoms. The SMILES string of the molecule is COc1cc(NC(=O)C[C@@H]2NC(=O)N(CCc3ccccc3)C2=O)cc(OC)c1OC. The van der Waals surface area contributed by atoms with Gasteiger partial charge in [-0.15, -0.1) is 0 Å². The number of ether oxygens (including phenoxy) is 3. The number of nitrogens with one attached hydrogen (secondary N) is 2. The summed E-state index contributed by atoms with van der Waals surface area (Å²) < 4.78 is 15.8. The van der Waals surface area contributed by atoms with Crippen LogP contribution < -0.4 is 24.8 Å². The average molecular weight is 427 g/mol. The molecular formula is C22H25N3O6. The number of methoxy groups -OCH3 is 3. The van der Waals surface area contributed by atoms with Crippen molar-refractivity contribution >= 4 is 23.5 Å². The maximum absolute atomic E-state index is 12.6. The van der Waals surface area contributed by atoms with Crippen LogP contribution in [0, 0.1) is 0 Å². The van der Waals surface area contributed by atoms with Gasteiger partial charge in [-0.1, -0.05) is 30.3 Å². The summed E-state index contributed by atoms with van der Waals surface area (Å²) in [6.07, 6.45) is 0.355.